The number of thioether (sulfide) groups is 1. The SMILES string of the molecule is CCCSc1ncccc1C(=O)NCC1CCC(Nc2nc3c(c(N(C)C)n2)CCCC3)CC1. The van der Waals surface area contributed by atoms with Crippen molar-refractivity contribution >= 4 is 29.4 Å². The number of pyridine rings is 1. The highest BCUT2D eigenvalue weighted by atomic mass is 32.2. The summed E-state index contributed by atoms with van der Waals surface area (Å²) in [5.74, 6) is 3.31. The third kappa shape index (κ3) is 6.20. The fourth-order valence-electron chi connectivity index (χ4n) is 4.91. The van der Waals surface area contributed by atoms with Crippen LogP contribution < -0.4 is 15.5 Å². The summed E-state index contributed by atoms with van der Waals surface area (Å²) in [7, 11) is 4.13. The van der Waals surface area contributed by atoms with Crippen LogP contribution in [0.4, 0.5) is 11.8 Å². The van der Waals surface area contributed by atoms with Crippen LogP contribution >= 0.6 is 11.8 Å². The van der Waals surface area contributed by atoms with E-state index in [2.05, 4.69) is 41.5 Å². The zero-order valence-electron chi connectivity index (χ0n) is 20.8. The number of nitrogens with one attached hydrogen (secondary N) is 2. The second kappa shape index (κ2) is 11.9. The first kappa shape index (κ1) is 24.8. The summed E-state index contributed by atoms with van der Waals surface area (Å²) >= 11 is 1.65. The molecule has 0 atom stereocenters. The maximum atomic E-state index is 12.8. The van der Waals surface area contributed by atoms with Crippen molar-refractivity contribution in [1.29, 1.82) is 0 Å². The number of aryl methyl sites for hydroxylation is 1. The molecule has 2 heterocycles. The summed E-state index contributed by atoms with van der Waals surface area (Å²) in [4.78, 5) is 29.0. The van der Waals surface area contributed by atoms with E-state index in [1.807, 2.05) is 12.1 Å². The Morgan fingerprint density at radius 1 is 1.15 bits per heavy atom. The van der Waals surface area contributed by atoms with Crippen LogP contribution in [0.5, 0.6) is 0 Å². The predicted molar refractivity (Wildman–Crippen MR) is 140 cm³/mol. The van der Waals surface area contributed by atoms with Crippen LogP contribution in [0.15, 0.2) is 23.4 Å². The maximum absolute atomic E-state index is 12.8. The average molecular weight is 483 g/mol. The highest BCUT2D eigenvalue weighted by molar-refractivity contribution is 7.99. The van der Waals surface area contributed by atoms with E-state index < -0.39 is 0 Å². The van der Waals surface area contributed by atoms with Crippen molar-refractivity contribution in [1.82, 2.24) is 20.3 Å². The van der Waals surface area contributed by atoms with Crippen molar-refractivity contribution in [2.75, 3.05) is 36.6 Å². The largest absolute Gasteiger partial charge is 0.362 e. The van der Waals surface area contributed by atoms with Gasteiger partial charge in [-0.05, 0) is 81.6 Å². The van der Waals surface area contributed by atoms with Crippen molar-refractivity contribution in [2.45, 2.75) is 75.8 Å². The summed E-state index contributed by atoms with van der Waals surface area (Å²) in [5.41, 5.74) is 3.24. The minimum absolute atomic E-state index is 0.00868. The minimum atomic E-state index is -0.00868. The summed E-state index contributed by atoms with van der Waals surface area (Å²) in [6, 6.07) is 4.10. The number of anilines is 2. The molecule has 2 aromatic heterocycles. The molecule has 0 spiro atoms. The van der Waals surface area contributed by atoms with E-state index in [4.69, 9.17) is 9.97 Å². The normalized spacial score (nSPS) is 19.9. The van der Waals surface area contributed by atoms with Crippen LogP contribution in [0, 0.1) is 5.92 Å². The smallest absolute Gasteiger partial charge is 0.254 e. The Hall–Kier alpha value is -2.35. The van der Waals surface area contributed by atoms with Gasteiger partial charge in [0, 0.05) is 38.4 Å². The lowest BCUT2D eigenvalue weighted by Crippen LogP contribution is -2.34. The van der Waals surface area contributed by atoms with E-state index in [-0.39, 0.29) is 5.91 Å². The molecule has 1 fully saturated rings. The van der Waals surface area contributed by atoms with Crippen LogP contribution in [0.3, 0.4) is 0 Å². The Morgan fingerprint density at radius 3 is 2.71 bits per heavy atom. The number of amides is 1. The molecule has 0 unspecified atom stereocenters. The van der Waals surface area contributed by atoms with Gasteiger partial charge in [0.25, 0.3) is 5.91 Å². The molecule has 184 valence electrons. The van der Waals surface area contributed by atoms with Gasteiger partial charge in [0.1, 0.15) is 10.8 Å². The van der Waals surface area contributed by atoms with Gasteiger partial charge in [-0.3, -0.25) is 4.79 Å². The lowest BCUT2D eigenvalue weighted by Gasteiger charge is -2.30. The highest BCUT2D eigenvalue weighted by Gasteiger charge is 2.24. The quantitative estimate of drug-likeness (QED) is 0.500. The molecule has 0 aliphatic heterocycles. The number of hydrogen-bond donors (Lipinski definition) is 2. The van der Waals surface area contributed by atoms with Gasteiger partial charge in [-0.25, -0.2) is 9.97 Å². The van der Waals surface area contributed by atoms with Crippen molar-refractivity contribution < 1.29 is 4.79 Å². The van der Waals surface area contributed by atoms with Gasteiger partial charge in [0.2, 0.25) is 5.95 Å². The molecule has 1 amide bonds. The molecule has 0 bridgehead atoms. The fraction of sp³-hybridized carbons (Fsp3) is 0.615. The molecular weight excluding hydrogens is 444 g/mol. The summed E-state index contributed by atoms with van der Waals surface area (Å²) in [6.45, 7) is 2.86. The van der Waals surface area contributed by atoms with Gasteiger partial charge in [-0.15, -0.1) is 11.8 Å². The first-order chi connectivity index (χ1) is 16.5. The molecule has 4 rings (SSSR count). The number of rotatable bonds is 9. The Balaban J connectivity index is 1.28. The number of carbonyl (C=O) groups is 1. The first-order valence-electron chi connectivity index (χ1n) is 12.7. The van der Waals surface area contributed by atoms with Gasteiger partial charge >= 0.3 is 0 Å². The standard InChI is InChI=1S/C26H38N6OS/c1-4-16-34-25-21(9-7-15-27-25)24(33)28-17-18-11-13-19(14-12-18)29-26-30-22-10-6-5-8-20(22)23(31-26)32(2)3/h7,9,15,18-19H,4-6,8,10-14,16-17H2,1-3H3,(H,28,33)(H,29,30,31). The number of carbonyl (C=O) groups excluding carboxylic acids is 1. The molecule has 2 aliphatic rings. The van der Waals surface area contributed by atoms with Crippen molar-refractivity contribution in [3.05, 3.63) is 35.2 Å². The van der Waals surface area contributed by atoms with E-state index in [1.54, 1.807) is 18.0 Å². The average Bonchev–Trinajstić information content (AvgIpc) is 2.86. The third-order valence-electron chi connectivity index (χ3n) is 6.77. The summed E-state index contributed by atoms with van der Waals surface area (Å²) in [6.07, 6.45) is 11.7. The fourth-order valence-corrected chi connectivity index (χ4v) is 5.76. The maximum Gasteiger partial charge on any atom is 0.254 e. The van der Waals surface area contributed by atoms with Crippen LogP contribution in [0.1, 0.15) is 73.5 Å². The van der Waals surface area contributed by atoms with Crippen molar-refractivity contribution in [3.63, 3.8) is 0 Å². The summed E-state index contributed by atoms with van der Waals surface area (Å²) < 4.78 is 0. The topological polar surface area (TPSA) is 83.0 Å². The zero-order chi connectivity index (χ0) is 23.9. The second-order valence-corrected chi connectivity index (χ2v) is 10.8. The molecule has 2 aliphatic carbocycles. The van der Waals surface area contributed by atoms with Crippen LogP contribution in [-0.2, 0) is 12.8 Å². The number of hydrogen-bond acceptors (Lipinski definition) is 7. The predicted octanol–water partition coefficient (Wildman–Crippen LogP) is 4.72. The van der Waals surface area contributed by atoms with Gasteiger partial charge < -0.3 is 15.5 Å². The molecule has 1 saturated carbocycles. The van der Waals surface area contributed by atoms with Gasteiger partial charge in [0.05, 0.1) is 11.3 Å². The molecule has 2 aromatic rings. The van der Waals surface area contributed by atoms with Crippen molar-refractivity contribution in [3.8, 4) is 0 Å². The molecular formula is C26H38N6OS. The van der Waals surface area contributed by atoms with E-state index in [9.17, 15) is 4.79 Å². The van der Waals surface area contributed by atoms with E-state index in [0.29, 0.717) is 17.5 Å². The van der Waals surface area contributed by atoms with E-state index in [1.165, 1.54) is 24.1 Å². The van der Waals surface area contributed by atoms with Gasteiger partial charge in [0.15, 0.2) is 0 Å². The monoisotopic (exact) mass is 482 g/mol. The lowest BCUT2D eigenvalue weighted by atomic mass is 9.86. The number of nitrogens with zero attached hydrogens (tertiary/aromatic N) is 4. The van der Waals surface area contributed by atoms with E-state index >= 15 is 0 Å². The lowest BCUT2D eigenvalue weighted by molar-refractivity contribution is 0.0939. The highest BCUT2D eigenvalue weighted by Crippen LogP contribution is 2.30. The molecule has 0 radical (unpaired) electrons. The first-order valence-corrected chi connectivity index (χ1v) is 13.7. The third-order valence-corrected chi connectivity index (χ3v) is 7.99. The Kier molecular flexibility index (Phi) is 8.64. The van der Waals surface area contributed by atoms with Crippen LogP contribution in [0.2, 0.25) is 0 Å². The zero-order valence-corrected chi connectivity index (χ0v) is 21.6. The Bertz CT molecular complexity index is 974. The van der Waals surface area contributed by atoms with Gasteiger partial charge in [-0.2, -0.15) is 4.98 Å². The molecule has 34 heavy (non-hydrogen) atoms. The minimum Gasteiger partial charge on any atom is -0.362 e. The summed E-state index contributed by atoms with van der Waals surface area (Å²) in [5, 5.41) is 7.61. The number of fused-ring (bicyclic) bond motifs is 1. The Morgan fingerprint density at radius 2 is 1.94 bits per heavy atom. The van der Waals surface area contributed by atoms with E-state index in [0.717, 1.165) is 74.0 Å². The van der Waals surface area contributed by atoms with Crippen LogP contribution in [0.25, 0.3) is 0 Å². The molecule has 0 saturated heterocycles. The molecule has 8 heteroatoms. The Labute approximate surface area is 207 Å². The molecule has 2 N–H and O–H groups in total. The number of aromatic nitrogens is 3. The van der Waals surface area contributed by atoms with Gasteiger partial charge in [-0.1, -0.05) is 6.92 Å². The van der Waals surface area contributed by atoms with Crippen LogP contribution in [-0.4, -0.2) is 53.3 Å². The van der Waals surface area contributed by atoms with Crippen molar-refractivity contribution in [2.24, 2.45) is 5.92 Å². The second-order valence-electron chi connectivity index (χ2n) is 9.67. The molecule has 0 aromatic carbocycles. The molecule has 7 nitrogen and oxygen atoms in total.